The summed E-state index contributed by atoms with van der Waals surface area (Å²) in [5.41, 5.74) is 1.02. The molecule has 0 saturated heterocycles. The Balaban J connectivity index is 3.02. The molecule has 0 aliphatic rings. The van der Waals surface area contributed by atoms with E-state index in [4.69, 9.17) is 0 Å². The van der Waals surface area contributed by atoms with Crippen LogP contribution in [0.1, 0.15) is 5.56 Å². The molecule has 1 rings (SSSR count). The molecular weight excluding hydrogens is 212 g/mol. The average Bonchev–Trinajstić information content (AvgIpc) is 2.16. The zero-order chi connectivity index (χ0) is 11.5. The minimum Gasteiger partial charge on any atom is -0.368 e. The Hall–Kier alpha value is -1.36. The number of rotatable bonds is 3. The lowest BCUT2D eigenvalue weighted by molar-refractivity contribution is 0.595. The fraction of sp³-hybridized carbons (Fsp3) is 0.300. The topological polar surface area (TPSA) is 49.7 Å². The molecule has 5 heteroatoms. The molecule has 0 bridgehead atoms. The molecule has 0 saturated carbocycles. The van der Waals surface area contributed by atoms with Crippen LogP contribution in [0.5, 0.6) is 0 Å². The number of hydrogen-bond donors (Lipinski definition) is 0. The third-order valence-corrected chi connectivity index (χ3v) is 2.98. The lowest BCUT2D eigenvalue weighted by atomic mass is 10.2. The van der Waals surface area contributed by atoms with E-state index in [0.717, 1.165) is 5.56 Å². The summed E-state index contributed by atoms with van der Waals surface area (Å²) in [4.78, 5) is 1.79. The monoisotopic (exact) mass is 226 g/mol. The van der Waals surface area contributed by atoms with Gasteiger partial charge in [0.15, 0.2) is 0 Å². The van der Waals surface area contributed by atoms with Gasteiger partial charge in [-0.25, -0.2) is 0 Å². The predicted octanol–water partition coefficient (Wildman–Crippen LogP) is 1.27. The largest absolute Gasteiger partial charge is 0.368 e. The molecule has 0 fully saturated rings. The molecule has 1 aromatic carbocycles. The zero-order valence-electron chi connectivity index (χ0n) is 9.01. The van der Waals surface area contributed by atoms with Gasteiger partial charge in [-0.05, 0) is 19.1 Å². The summed E-state index contributed by atoms with van der Waals surface area (Å²) in [7, 11) is -0.111. The standard InChI is InChI=1S/C10H14N2O2S/c1-9-4-6-10(7-5-9)15(13,14)11-8-12(2)3/h4-8H,1-3H3/b11-8+. The molecule has 0 heterocycles. The Kier molecular flexibility index (Phi) is 3.47. The molecule has 0 aliphatic heterocycles. The molecule has 0 spiro atoms. The lowest BCUT2D eigenvalue weighted by Crippen LogP contribution is -2.10. The Morgan fingerprint density at radius 1 is 1.20 bits per heavy atom. The Labute approximate surface area is 90.3 Å². The van der Waals surface area contributed by atoms with E-state index in [9.17, 15) is 8.42 Å². The minimum atomic E-state index is -3.54. The third-order valence-electron chi connectivity index (χ3n) is 1.74. The van der Waals surface area contributed by atoms with Crippen molar-refractivity contribution in [2.24, 2.45) is 4.40 Å². The number of nitrogens with zero attached hydrogens (tertiary/aromatic N) is 2. The van der Waals surface area contributed by atoms with Crippen LogP contribution >= 0.6 is 0 Å². The summed E-state index contributed by atoms with van der Waals surface area (Å²) in [6, 6.07) is 6.60. The van der Waals surface area contributed by atoms with Crippen LogP contribution < -0.4 is 0 Å². The van der Waals surface area contributed by atoms with Gasteiger partial charge in [0.2, 0.25) is 0 Å². The molecule has 1 aromatic rings. The van der Waals surface area contributed by atoms with Gasteiger partial charge in [-0.1, -0.05) is 17.7 Å². The normalized spacial score (nSPS) is 11.9. The van der Waals surface area contributed by atoms with E-state index in [0.29, 0.717) is 0 Å². The number of sulfonamides is 1. The smallest absolute Gasteiger partial charge is 0.283 e. The second-order valence-corrected chi connectivity index (χ2v) is 5.10. The fourth-order valence-corrected chi connectivity index (χ4v) is 1.84. The van der Waals surface area contributed by atoms with Crippen LogP contribution in [0.2, 0.25) is 0 Å². The first-order chi connectivity index (χ1) is 6.92. The van der Waals surface area contributed by atoms with Crippen molar-refractivity contribution in [1.29, 1.82) is 0 Å². The summed E-state index contributed by atoms with van der Waals surface area (Å²) in [6.07, 6.45) is 1.27. The van der Waals surface area contributed by atoms with Gasteiger partial charge in [0, 0.05) is 14.1 Å². The maximum absolute atomic E-state index is 11.6. The summed E-state index contributed by atoms with van der Waals surface area (Å²) >= 11 is 0. The molecule has 0 aromatic heterocycles. The molecule has 82 valence electrons. The van der Waals surface area contributed by atoms with Gasteiger partial charge in [-0.3, -0.25) is 0 Å². The van der Waals surface area contributed by atoms with E-state index in [1.165, 1.54) is 6.34 Å². The molecule has 0 unspecified atom stereocenters. The number of benzene rings is 1. The number of hydrogen-bond acceptors (Lipinski definition) is 2. The first kappa shape index (κ1) is 11.7. The maximum Gasteiger partial charge on any atom is 0.283 e. The van der Waals surface area contributed by atoms with E-state index in [2.05, 4.69) is 4.40 Å². The molecule has 4 nitrogen and oxygen atoms in total. The second-order valence-electron chi connectivity index (χ2n) is 3.47. The quantitative estimate of drug-likeness (QED) is 0.576. The highest BCUT2D eigenvalue weighted by molar-refractivity contribution is 7.90. The molecule has 0 aliphatic carbocycles. The summed E-state index contributed by atoms with van der Waals surface area (Å²) in [5, 5.41) is 0. The van der Waals surface area contributed by atoms with Crippen molar-refractivity contribution >= 4 is 16.4 Å². The lowest BCUT2D eigenvalue weighted by Gasteiger charge is -2.03. The van der Waals surface area contributed by atoms with E-state index < -0.39 is 10.0 Å². The highest BCUT2D eigenvalue weighted by atomic mass is 32.2. The van der Waals surface area contributed by atoms with Crippen molar-refractivity contribution in [3.05, 3.63) is 29.8 Å². The Morgan fingerprint density at radius 3 is 2.20 bits per heavy atom. The van der Waals surface area contributed by atoms with Gasteiger partial charge in [-0.15, -0.1) is 4.40 Å². The molecular formula is C10H14N2O2S. The van der Waals surface area contributed by atoms with Crippen molar-refractivity contribution in [3.8, 4) is 0 Å². The van der Waals surface area contributed by atoms with Crippen LogP contribution in [0.4, 0.5) is 0 Å². The SMILES string of the molecule is Cc1ccc(S(=O)(=O)/N=C/N(C)C)cc1. The second kappa shape index (κ2) is 4.44. The van der Waals surface area contributed by atoms with Crippen molar-refractivity contribution < 1.29 is 8.42 Å². The summed E-state index contributed by atoms with van der Waals surface area (Å²) in [6.45, 7) is 1.90. The first-order valence-electron chi connectivity index (χ1n) is 4.45. The summed E-state index contributed by atoms with van der Waals surface area (Å²) < 4.78 is 26.8. The highest BCUT2D eigenvalue weighted by Gasteiger charge is 2.10. The van der Waals surface area contributed by atoms with Crippen LogP contribution in [0.3, 0.4) is 0 Å². The average molecular weight is 226 g/mol. The van der Waals surface area contributed by atoms with E-state index in [1.54, 1.807) is 43.3 Å². The first-order valence-corrected chi connectivity index (χ1v) is 5.89. The fourth-order valence-electron chi connectivity index (χ4n) is 0.927. The van der Waals surface area contributed by atoms with Crippen molar-refractivity contribution in [3.63, 3.8) is 0 Å². The number of aryl methyl sites for hydroxylation is 1. The maximum atomic E-state index is 11.6. The highest BCUT2D eigenvalue weighted by Crippen LogP contribution is 2.12. The van der Waals surface area contributed by atoms with Crippen molar-refractivity contribution in [2.45, 2.75) is 11.8 Å². The van der Waals surface area contributed by atoms with E-state index in [-0.39, 0.29) is 4.90 Å². The van der Waals surface area contributed by atoms with Crippen LogP contribution in [-0.4, -0.2) is 33.8 Å². The van der Waals surface area contributed by atoms with Gasteiger partial charge < -0.3 is 4.90 Å². The van der Waals surface area contributed by atoms with Gasteiger partial charge in [0.25, 0.3) is 10.0 Å². The van der Waals surface area contributed by atoms with Crippen LogP contribution in [0.15, 0.2) is 33.6 Å². The van der Waals surface area contributed by atoms with Crippen LogP contribution in [0.25, 0.3) is 0 Å². The molecule has 0 radical (unpaired) electrons. The van der Waals surface area contributed by atoms with E-state index >= 15 is 0 Å². The minimum absolute atomic E-state index is 0.214. The molecule has 0 N–H and O–H groups in total. The summed E-state index contributed by atoms with van der Waals surface area (Å²) in [5.74, 6) is 0. The third kappa shape index (κ3) is 3.36. The Morgan fingerprint density at radius 2 is 1.73 bits per heavy atom. The Bertz CT molecular complexity index is 447. The van der Waals surface area contributed by atoms with Crippen molar-refractivity contribution in [2.75, 3.05) is 14.1 Å². The molecule has 0 atom stereocenters. The molecule has 15 heavy (non-hydrogen) atoms. The van der Waals surface area contributed by atoms with Crippen LogP contribution in [0, 0.1) is 6.92 Å². The zero-order valence-corrected chi connectivity index (χ0v) is 9.82. The molecule has 0 amide bonds. The van der Waals surface area contributed by atoms with Gasteiger partial charge in [0.1, 0.15) is 6.34 Å². The van der Waals surface area contributed by atoms with Gasteiger partial charge >= 0.3 is 0 Å². The van der Waals surface area contributed by atoms with E-state index in [1.807, 2.05) is 6.92 Å². The predicted molar refractivity (Wildman–Crippen MR) is 60.5 cm³/mol. The van der Waals surface area contributed by atoms with Crippen LogP contribution in [-0.2, 0) is 10.0 Å². The van der Waals surface area contributed by atoms with Gasteiger partial charge in [0.05, 0.1) is 4.90 Å². The van der Waals surface area contributed by atoms with Crippen molar-refractivity contribution in [1.82, 2.24) is 4.90 Å². The van der Waals surface area contributed by atoms with Gasteiger partial charge in [-0.2, -0.15) is 8.42 Å².